The molecule has 0 atom stereocenters. The van der Waals surface area contributed by atoms with Gasteiger partial charge in [-0.05, 0) is 0 Å². The first-order chi connectivity index (χ1) is 5.40. The maximum absolute atomic E-state index is 12.2. The fourth-order valence-corrected chi connectivity index (χ4v) is 6.64. The summed E-state index contributed by atoms with van der Waals surface area (Å²) in [6.07, 6.45) is 0. The van der Waals surface area contributed by atoms with Gasteiger partial charge in [0.1, 0.15) is 0 Å². The van der Waals surface area contributed by atoms with Gasteiger partial charge in [-0.1, -0.05) is 0 Å². The third-order valence-corrected chi connectivity index (χ3v) is 14.9. The van der Waals surface area contributed by atoms with E-state index < -0.39 is 13.3 Å². The van der Waals surface area contributed by atoms with Gasteiger partial charge in [-0.15, -0.1) is 0 Å². The van der Waals surface area contributed by atoms with Crippen molar-refractivity contribution < 1.29 is 4.79 Å². The molecular formula is C11H24GeO. The van der Waals surface area contributed by atoms with Crippen LogP contribution in [0.5, 0.6) is 0 Å². The fourth-order valence-electron chi connectivity index (χ4n) is 1.28. The first kappa shape index (κ1) is 13.2. The van der Waals surface area contributed by atoms with Crippen molar-refractivity contribution >= 4 is 17.9 Å². The van der Waals surface area contributed by atoms with E-state index in [-0.39, 0.29) is 9.66 Å². The van der Waals surface area contributed by atoms with Gasteiger partial charge in [-0.25, -0.2) is 0 Å². The Morgan fingerprint density at radius 1 is 0.923 bits per heavy atom. The van der Waals surface area contributed by atoms with Gasteiger partial charge in [-0.2, -0.15) is 0 Å². The van der Waals surface area contributed by atoms with Gasteiger partial charge in [0.05, 0.1) is 0 Å². The fraction of sp³-hybridized carbons (Fsp3) is 0.909. The normalized spacial score (nSPS) is 14.5. The Morgan fingerprint density at radius 2 is 1.23 bits per heavy atom. The average Bonchev–Trinajstić information content (AvgIpc) is 1.81. The molecule has 78 valence electrons. The molecule has 2 heteroatoms. The zero-order valence-corrected chi connectivity index (χ0v) is 12.5. The van der Waals surface area contributed by atoms with Crippen molar-refractivity contribution in [3.05, 3.63) is 0 Å². The Kier molecular flexibility index (Phi) is 3.47. The minimum atomic E-state index is -2.32. The average molecular weight is 245 g/mol. The van der Waals surface area contributed by atoms with Crippen molar-refractivity contribution in [2.24, 2.45) is 5.41 Å². The van der Waals surface area contributed by atoms with Crippen LogP contribution in [0, 0.1) is 5.41 Å². The van der Waals surface area contributed by atoms with Crippen LogP contribution in [0.25, 0.3) is 0 Å². The Hall–Kier alpha value is 0.213. The molecule has 0 rings (SSSR count). The molecule has 0 fully saturated rings. The summed E-state index contributed by atoms with van der Waals surface area (Å²) in [6.45, 7) is 12.7. The van der Waals surface area contributed by atoms with Gasteiger partial charge in [0.15, 0.2) is 0 Å². The second kappa shape index (κ2) is 3.41. The Bertz CT molecular complexity index is 203. The van der Waals surface area contributed by atoms with E-state index in [0.717, 1.165) is 0 Å². The molecule has 13 heavy (non-hydrogen) atoms. The third-order valence-electron chi connectivity index (χ3n) is 3.12. The summed E-state index contributed by atoms with van der Waals surface area (Å²) in [4.78, 5) is 12.2. The summed E-state index contributed by atoms with van der Waals surface area (Å²) in [7, 11) is 0. The number of rotatable bonds is 1. The maximum atomic E-state index is 12.2. The van der Waals surface area contributed by atoms with Crippen molar-refractivity contribution in [1.29, 1.82) is 0 Å². The van der Waals surface area contributed by atoms with Crippen LogP contribution >= 0.6 is 0 Å². The van der Waals surface area contributed by atoms with Crippen LogP contribution < -0.4 is 0 Å². The van der Waals surface area contributed by atoms with Crippen molar-refractivity contribution in [3.63, 3.8) is 0 Å². The minimum absolute atomic E-state index is 0.156. The molecule has 0 bridgehead atoms. The Labute approximate surface area is 85.7 Å². The molecule has 0 spiro atoms. The van der Waals surface area contributed by atoms with E-state index in [1.165, 1.54) is 0 Å². The van der Waals surface area contributed by atoms with Crippen LogP contribution in [0.15, 0.2) is 0 Å². The standard InChI is InChI=1S/C11H24GeO/c1-10(2,3)9(13)12(7,8)11(4,5)6/h1-8H3. The predicted octanol–water partition coefficient (Wildman–Crippen LogP) is 3.65. The molecule has 0 aliphatic heterocycles. The molecule has 0 aromatic rings. The molecule has 0 radical (unpaired) electrons. The monoisotopic (exact) mass is 246 g/mol. The van der Waals surface area contributed by atoms with Gasteiger partial charge in [0.2, 0.25) is 0 Å². The number of hydrogen-bond acceptors (Lipinski definition) is 1. The zero-order chi connectivity index (χ0) is 11.1. The van der Waals surface area contributed by atoms with Crippen molar-refractivity contribution in [2.75, 3.05) is 0 Å². The predicted molar refractivity (Wildman–Crippen MR) is 61.7 cm³/mol. The van der Waals surface area contributed by atoms with E-state index in [2.05, 4.69) is 32.3 Å². The summed E-state index contributed by atoms with van der Waals surface area (Å²) < 4.78 is 0.740. The van der Waals surface area contributed by atoms with Crippen LogP contribution in [-0.2, 0) is 4.79 Å². The molecule has 0 heterocycles. The topological polar surface area (TPSA) is 17.1 Å². The Balaban J connectivity index is 4.98. The Morgan fingerprint density at radius 3 is 1.31 bits per heavy atom. The first-order valence-electron chi connectivity index (χ1n) is 4.95. The van der Waals surface area contributed by atoms with Gasteiger partial charge >= 0.3 is 85.4 Å². The number of hydrogen-bond donors (Lipinski definition) is 0. The van der Waals surface area contributed by atoms with Crippen LogP contribution in [-0.4, -0.2) is 17.9 Å². The van der Waals surface area contributed by atoms with E-state index in [1.54, 1.807) is 0 Å². The summed E-state index contributed by atoms with van der Waals surface area (Å²) in [5.41, 5.74) is -0.156. The van der Waals surface area contributed by atoms with E-state index >= 15 is 0 Å². The van der Waals surface area contributed by atoms with E-state index in [4.69, 9.17) is 0 Å². The molecule has 0 amide bonds. The second-order valence-corrected chi connectivity index (χ2v) is 17.4. The summed E-state index contributed by atoms with van der Waals surface area (Å²) in [6, 6.07) is 0. The molecule has 0 N–H and O–H groups in total. The molecule has 0 aromatic heterocycles. The summed E-state index contributed by atoms with van der Waals surface area (Å²) >= 11 is -2.32. The quantitative estimate of drug-likeness (QED) is 0.644. The van der Waals surface area contributed by atoms with Gasteiger partial charge in [0.25, 0.3) is 0 Å². The molecule has 0 aliphatic rings. The number of carbonyl (C=O) groups is 1. The first-order valence-corrected chi connectivity index (χ1v) is 11.2. The van der Waals surface area contributed by atoms with E-state index in [9.17, 15) is 4.79 Å². The van der Waals surface area contributed by atoms with Crippen molar-refractivity contribution in [3.8, 4) is 0 Å². The van der Waals surface area contributed by atoms with Crippen LogP contribution in [0.2, 0.25) is 15.8 Å². The van der Waals surface area contributed by atoms with Crippen molar-refractivity contribution in [1.82, 2.24) is 0 Å². The van der Waals surface area contributed by atoms with Gasteiger partial charge < -0.3 is 0 Å². The zero-order valence-electron chi connectivity index (χ0n) is 10.4. The second-order valence-electron chi connectivity index (χ2n) is 6.45. The SMILES string of the molecule is CC(C)(C)[C](=O)[Ge]([CH3])([CH3])[C](C)(C)C. The third kappa shape index (κ3) is 2.83. The molecule has 0 saturated heterocycles. The molecule has 0 saturated carbocycles. The van der Waals surface area contributed by atoms with Gasteiger partial charge in [-0.3, -0.25) is 0 Å². The van der Waals surface area contributed by atoms with Crippen LogP contribution in [0.3, 0.4) is 0 Å². The van der Waals surface area contributed by atoms with Crippen LogP contribution in [0.4, 0.5) is 0 Å². The van der Waals surface area contributed by atoms with E-state index in [0.29, 0.717) is 4.62 Å². The molecule has 0 aromatic carbocycles. The summed E-state index contributed by atoms with van der Waals surface area (Å²) in [5.74, 6) is 4.46. The van der Waals surface area contributed by atoms with Crippen LogP contribution in [0.1, 0.15) is 41.5 Å². The van der Waals surface area contributed by atoms with E-state index in [1.807, 2.05) is 20.8 Å². The summed E-state index contributed by atoms with van der Waals surface area (Å²) in [5, 5.41) is 0. The van der Waals surface area contributed by atoms with Gasteiger partial charge in [0, 0.05) is 0 Å². The molecule has 0 aliphatic carbocycles. The number of carbonyl (C=O) groups excluding carboxylic acids is 1. The molecule has 0 unspecified atom stereocenters. The van der Waals surface area contributed by atoms with Crippen molar-refractivity contribution in [2.45, 2.75) is 57.3 Å². The molecule has 1 nitrogen and oxygen atoms in total. The molecular weight excluding hydrogens is 221 g/mol.